The van der Waals surface area contributed by atoms with Crippen LogP contribution in [0.25, 0.3) is 11.5 Å². The Bertz CT molecular complexity index is 1290. The molecule has 214 valence electrons. The molecule has 1 saturated heterocycles. The molecule has 1 unspecified atom stereocenters. The second-order valence-corrected chi connectivity index (χ2v) is 10.4. The summed E-state index contributed by atoms with van der Waals surface area (Å²) in [7, 11) is 0. The van der Waals surface area contributed by atoms with E-state index in [0.717, 1.165) is 30.1 Å². The lowest BCUT2D eigenvalue weighted by Crippen LogP contribution is -2.29. The molecule has 0 radical (unpaired) electrons. The van der Waals surface area contributed by atoms with Gasteiger partial charge >= 0.3 is 11.9 Å². The number of aromatic nitrogens is 1. The number of oxazole rings is 1. The van der Waals surface area contributed by atoms with Crippen LogP contribution >= 0.6 is 0 Å². The number of carboxylic acid groups (broad SMARTS) is 1. The Balaban J connectivity index is 1.41. The van der Waals surface area contributed by atoms with Gasteiger partial charge in [-0.2, -0.15) is 0 Å². The van der Waals surface area contributed by atoms with Gasteiger partial charge in [-0.3, -0.25) is 4.79 Å². The summed E-state index contributed by atoms with van der Waals surface area (Å²) in [5, 5.41) is 9.11. The third kappa shape index (κ3) is 7.63. The summed E-state index contributed by atoms with van der Waals surface area (Å²) in [6.07, 6.45) is 4.15. The van der Waals surface area contributed by atoms with Crippen molar-refractivity contribution in [3.8, 4) is 17.2 Å². The summed E-state index contributed by atoms with van der Waals surface area (Å²) >= 11 is 0. The molecule has 2 aromatic carbocycles. The predicted molar refractivity (Wildman–Crippen MR) is 152 cm³/mol. The number of hydrogen-bond donors (Lipinski definition) is 2. The Hall–Kier alpha value is -3.85. The SMILES string of the molecule is Cc1oc(-c2ccc(N3CCCCC3)cc2)nc1CCOc1ccc(CCC(=O)O)c(C(N)C(=O)OC(C)C)c1. The monoisotopic (exact) mass is 549 g/mol. The first kappa shape index (κ1) is 29.1. The molecule has 1 aliphatic rings. The van der Waals surface area contributed by atoms with Crippen molar-refractivity contribution in [3.63, 3.8) is 0 Å². The Morgan fingerprint density at radius 2 is 1.80 bits per heavy atom. The van der Waals surface area contributed by atoms with Gasteiger partial charge in [0, 0.05) is 37.2 Å². The number of nitrogens with two attached hydrogens (primary N) is 1. The smallest absolute Gasteiger partial charge is 0.327 e. The number of aliphatic carboxylic acids is 1. The highest BCUT2D eigenvalue weighted by atomic mass is 16.5. The Morgan fingerprint density at radius 3 is 2.48 bits per heavy atom. The van der Waals surface area contributed by atoms with Crippen LogP contribution in [0, 0.1) is 6.92 Å². The number of benzene rings is 2. The maximum Gasteiger partial charge on any atom is 0.327 e. The first-order valence-corrected chi connectivity index (χ1v) is 14.0. The van der Waals surface area contributed by atoms with Crippen molar-refractivity contribution in [1.82, 2.24) is 4.98 Å². The zero-order valence-electron chi connectivity index (χ0n) is 23.5. The number of carbonyl (C=O) groups excluding carboxylic acids is 1. The second-order valence-electron chi connectivity index (χ2n) is 10.4. The molecule has 1 aromatic heterocycles. The molecule has 3 N–H and O–H groups in total. The molecule has 0 amide bonds. The van der Waals surface area contributed by atoms with Crippen LogP contribution < -0.4 is 15.4 Å². The van der Waals surface area contributed by atoms with E-state index < -0.39 is 18.0 Å². The Labute approximate surface area is 235 Å². The number of anilines is 1. The number of rotatable bonds is 12. The number of ether oxygens (including phenoxy) is 2. The molecule has 9 nitrogen and oxygen atoms in total. The highest BCUT2D eigenvalue weighted by Gasteiger charge is 2.23. The van der Waals surface area contributed by atoms with Crippen molar-refractivity contribution >= 4 is 17.6 Å². The van der Waals surface area contributed by atoms with E-state index in [9.17, 15) is 9.59 Å². The molecule has 2 heterocycles. The molecule has 9 heteroatoms. The van der Waals surface area contributed by atoms with Gasteiger partial charge in [0.15, 0.2) is 0 Å². The van der Waals surface area contributed by atoms with Crippen LogP contribution in [0.1, 0.15) is 68.2 Å². The van der Waals surface area contributed by atoms with Crippen molar-refractivity contribution < 1.29 is 28.6 Å². The summed E-state index contributed by atoms with van der Waals surface area (Å²) in [6, 6.07) is 12.5. The molecule has 1 fully saturated rings. The lowest BCUT2D eigenvalue weighted by atomic mass is 9.97. The largest absolute Gasteiger partial charge is 0.493 e. The first-order valence-electron chi connectivity index (χ1n) is 14.0. The van der Waals surface area contributed by atoms with Crippen LogP contribution in [0.4, 0.5) is 5.69 Å². The van der Waals surface area contributed by atoms with Gasteiger partial charge in [-0.25, -0.2) is 9.78 Å². The predicted octanol–water partition coefficient (Wildman–Crippen LogP) is 5.23. The molecule has 0 spiro atoms. The van der Waals surface area contributed by atoms with E-state index in [2.05, 4.69) is 29.2 Å². The standard InChI is InChI=1S/C31H39N3O6/c1-20(2)39-31(37)29(32)26-19-25(13-9-22(26)10-14-28(35)36)38-18-15-27-21(3)40-30(33-27)23-7-11-24(12-8-23)34-16-5-4-6-17-34/h7-9,11-13,19-20,29H,4-6,10,14-18,32H2,1-3H3,(H,35,36). The van der Waals surface area contributed by atoms with E-state index in [1.165, 1.54) is 24.9 Å². The molecular formula is C31H39N3O6. The van der Waals surface area contributed by atoms with Gasteiger partial charge in [0.1, 0.15) is 17.6 Å². The number of carboxylic acids is 1. The van der Waals surface area contributed by atoms with Crippen molar-refractivity contribution in [2.24, 2.45) is 5.73 Å². The van der Waals surface area contributed by atoms with Crippen molar-refractivity contribution in [2.75, 3.05) is 24.6 Å². The molecule has 0 bridgehead atoms. The minimum absolute atomic E-state index is 0.0755. The van der Waals surface area contributed by atoms with Gasteiger partial charge in [-0.15, -0.1) is 0 Å². The van der Waals surface area contributed by atoms with Gasteiger partial charge < -0.3 is 29.6 Å². The molecular weight excluding hydrogens is 510 g/mol. The van der Waals surface area contributed by atoms with Crippen molar-refractivity contribution in [1.29, 1.82) is 0 Å². The van der Waals surface area contributed by atoms with Crippen LogP contribution in [0.5, 0.6) is 5.75 Å². The van der Waals surface area contributed by atoms with Gasteiger partial charge in [-0.1, -0.05) is 6.07 Å². The van der Waals surface area contributed by atoms with Crippen molar-refractivity contribution in [3.05, 3.63) is 65.0 Å². The number of hydrogen-bond acceptors (Lipinski definition) is 8. The highest BCUT2D eigenvalue weighted by Crippen LogP contribution is 2.28. The minimum atomic E-state index is -1.05. The molecule has 4 rings (SSSR count). The first-order chi connectivity index (χ1) is 19.2. The molecule has 0 aliphatic carbocycles. The molecule has 1 aliphatic heterocycles. The number of esters is 1. The van der Waals surface area contributed by atoms with Crippen LogP contribution in [0.2, 0.25) is 0 Å². The fraction of sp³-hybridized carbons (Fsp3) is 0.452. The van der Waals surface area contributed by atoms with Gasteiger partial charge in [-0.05, 0) is 94.0 Å². The maximum atomic E-state index is 12.5. The van der Waals surface area contributed by atoms with Gasteiger partial charge in [0.2, 0.25) is 5.89 Å². The summed E-state index contributed by atoms with van der Waals surface area (Å²) in [5.74, 6) is 0.346. The summed E-state index contributed by atoms with van der Waals surface area (Å²) in [5.41, 5.74) is 10.3. The van der Waals surface area contributed by atoms with Gasteiger partial charge in [0.25, 0.3) is 0 Å². The zero-order chi connectivity index (χ0) is 28.6. The van der Waals surface area contributed by atoms with E-state index in [4.69, 9.17) is 29.7 Å². The minimum Gasteiger partial charge on any atom is -0.493 e. The van der Waals surface area contributed by atoms with Crippen LogP contribution in [0.15, 0.2) is 46.9 Å². The number of piperidine rings is 1. The lowest BCUT2D eigenvalue weighted by molar-refractivity contribution is -0.149. The van der Waals surface area contributed by atoms with Crippen LogP contribution in [-0.4, -0.2) is 47.8 Å². The van der Waals surface area contributed by atoms with E-state index in [0.29, 0.717) is 35.8 Å². The Kier molecular flexibility index (Phi) is 9.82. The average molecular weight is 550 g/mol. The number of aryl methyl sites for hydroxylation is 2. The van der Waals surface area contributed by atoms with E-state index in [1.54, 1.807) is 32.0 Å². The maximum absolute atomic E-state index is 12.5. The van der Waals surface area contributed by atoms with Gasteiger partial charge in [0.05, 0.1) is 18.4 Å². The summed E-state index contributed by atoms with van der Waals surface area (Å²) in [4.78, 5) is 30.7. The Morgan fingerprint density at radius 1 is 1.07 bits per heavy atom. The average Bonchev–Trinajstić information content (AvgIpc) is 3.32. The number of nitrogens with zero attached hydrogens (tertiary/aromatic N) is 2. The molecule has 0 saturated carbocycles. The van der Waals surface area contributed by atoms with E-state index >= 15 is 0 Å². The lowest BCUT2D eigenvalue weighted by Gasteiger charge is -2.28. The zero-order valence-corrected chi connectivity index (χ0v) is 23.5. The van der Waals surface area contributed by atoms with E-state index in [-0.39, 0.29) is 18.9 Å². The summed E-state index contributed by atoms with van der Waals surface area (Å²) in [6.45, 7) is 7.92. The fourth-order valence-electron chi connectivity index (χ4n) is 4.87. The van der Waals surface area contributed by atoms with Crippen LogP contribution in [0.3, 0.4) is 0 Å². The third-order valence-electron chi connectivity index (χ3n) is 7.00. The molecule has 3 aromatic rings. The topological polar surface area (TPSA) is 128 Å². The second kappa shape index (κ2) is 13.5. The quantitative estimate of drug-likeness (QED) is 0.292. The molecule has 1 atom stereocenters. The normalized spacial score (nSPS) is 14.3. The fourth-order valence-corrected chi connectivity index (χ4v) is 4.87. The third-order valence-corrected chi connectivity index (χ3v) is 7.00. The number of carbonyl (C=O) groups is 2. The summed E-state index contributed by atoms with van der Waals surface area (Å²) < 4.78 is 17.2. The van der Waals surface area contributed by atoms with Crippen LogP contribution in [-0.2, 0) is 27.2 Å². The molecule has 40 heavy (non-hydrogen) atoms. The van der Waals surface area contributed by atoms with E-state index in [1.807, 2.05) is 6.92 Å². The highest BCUT2D eigenvalue weighted by molar-refractivity contribution is 5.78. The van der Waals surface area contributed by atoms with Crippen molar-refractivity contribution in [2.45, 2.75) is 71.4 Å².